The summed E-state index contributed by atoms with van der Waals surface area (Å²) in [4.78, 5) is 25.8. The summed E-state index contributed by atoms with van der Waals surface area (Å²) in [6.07, 6.45) is -1.91. The predicted octanol–water partition coefficient (Wildman–Crippen LogP) is 3.63. The fourth-order valence-corrected chi connectivity index (χ4v) is 3.68. The number of halogens is 4. The Labute approximate surface area is 213 Å². The number of hydrogen-bond donors (Lipinski definition) is 2. The van der Waals surface area contributed by atoms with E-state index < -0.39 is 51.3 Å². The van der Waals surface area contributed by atoms with Gasteiger partial charge in [-0.2, -0.15) is 4.98 Å². The highest BCUT2D eigenvalue weighted by Gasteiger charge is 2.38. The van der Waals surface area contributed by atoms with Crippen molar-refractivity contribution in [2.45, 2.75) is 44.9 Å². The molecule has 208 valence electrons. The van der Waals surface area contributed by atoms with Gasteiger partial charge < -0.3 is 29.0 Å². The molecule has 4 atom stereocenters. The van der Waals surface area contributed by atoms with Gasteiger partial charge in [0, 0.05) is 13.5 Å². The van der Waals surface area contributed by atoms with Crippen molar-refractivity contribution in [3.63, 3.8) is 0 Å². The van der Waals surface area contributed by atoms with Crippen molar-refractivity contribution in [3.05, 3.63) is 52.8 Å². The third kappa shape index (κ3) is 12.0. The van der Waals surface area contributed by atoms with Crippen LogP contribution in [-0.4, -0.2) is 61.4 Å². The molecule has 15 heteroatoms. The predicted molar refractivity (Wildman–Crippen MR) is 130 cm³/mol. The number of hydrogen-bond acceptors (Lipinski definition) is 9. The smallest absolute Gasteiger partial charge is 0.351 e. The van der Waals surface area contributed by atoms with Gasteiger partial charge in [0.1, 0.15) is 18.2 Å². The molecule has 0 aliphatic carbocycles. The van der Waals surface area contributed by atoms with Crippen LogP contribution in [-0.2, 0) is 18.8 Å². The molecule has 4 unspecified atom stereocenters. The van der Waals surface area contributed by atoms with E-state index in [4.69, 9.17) is 24.3 Å². The number of carbonyl (C=O) groups is 1. The molecular formula is C22H31F4N4O6P. The van der Waals surface area contributed by atoms with Gasteiger partial charge in [0.05, 0.1) is 31.6 Å². The summed E-state index contributed by atoms with van der Waals surface area (Å²) in [5.41, 5.74) is 4.32. The first-order chi connectivity index (χ1) is 17.7. The first-order valence-electron chi connectivity index (χ1n) is 11.0. The maximum Gasteiger partial charge on any atom is 0.351 e. The maximum atomic E-state index is 14.4. The van der Waals surface area contributed by atoms with Crippen molar-refractivity contribution in [1.82, 2.24) is 14.6 Å². The van der Waals surface area contributed by atoms with E-state index in [1.54, 1.807) is 31.4 Å². The zero-order valence-electron chi connectivity index (χ0n) is 20.6. The van der Waals surface area contributed by atoms with Gasteiger partial charge in [-0.15, -0.1) is 0 Å². The zero-order valence-corrected chi connectivity index (χ0v) is 21.5. The largest absolute Gasteiger partial charge is 0.436 e. The molecule has 1 fully saturated rings. The lowest BCUT2D eigenvalue weighted by atomic mass is 10.2. The highest BCUT2D eigenvalue weighted by atomic mass is 31.2. The SMILES string of the molecule is COC(C)C.FCF.Nc1nc(=O)n(C2OC(COP(NCC=O)Oc3ccccc3)CC2F)cc1F. The molecule has 3 N–H and O–H groups in total. The molecule has 10 nitrogen and oxygen atoms in total. The Hall–Kier alpha value is -2.64. The van der Waals surface area contributed by atoms with Crippen LogP contribution in [0.5, 0.6) is 5.75 Å². The number of nitrogens with one attached hydrogen (secondary N) is 1. The fourth-order valence-electron chi connectivity index (χ4n) is 2.64. The highest BCUT2D eigenvalue weighted by molar-refractivity contribution is 7.45. The number of carbonyl (C=O) groups excluding carboxylic acids is 1. The van der Waals surface area contributed by atoms with Crippen molar-refractivity contribution in [2.24, 2.45) is 0 Å². The normalized spacial score (nSPS) is 19.3. The summed E-state index contributed by atoms with van der Waals surface area (Å²) >= 11 is 0. The number of anilines is 1. The summed E-state index contributed by atoms with van der Waals surface area (Å²) < 4.78 is 69.5. The van der Waals surface area contributed by atoms with E-state index in [2.05, 4.69) is 10.1 Å². The Balaban J connectivity index is 0.000000751. The summed E-state index contributed by atoms with van der Waals surface area (Å²) in [6, 6.07) is 8.81. The lowest BCUT2D eigenvalue weighted by molar-refractivity contribution is -0.106. The molecule has 1 saturated heterocycles. The van der Waals surface area contributed by atoms with Crippen LogP contribution >= 0.6 is 8.53 Å². The fraction of sp³-hybridized carbons (Fsp3) is 0.500. The van der Waals surface area contributed by atoms with Gasteiger partial charge in [-0.1, -0.05) is 18.2 Å². The van der Waals surface area contributed by atoms with Crippen LogP contribution in [0.1, 0.15) is 26.5 Å². The summed E-state index contributed by atoms with van der Waals surface area (Å²) in [5.74, 6) is -0.983. The second-order valence-electron chi connectivity index (χ2n) is 7.44. The summed E-state index contributed by atoms with van der Waals surface area (Å²) in [7, 11) is 0.000499. The molecule has 0 amide bonds. The second kappa shape index (κ2) is 17.8. The van der Waals surface area contributed by atoms with Crippen LogP contribution in [0.3, 0.4) is 0 Å². The maximum absolute atomic E-state index is 14.4. The summed E-state index contributed by atoms with van der Waals surface area (Å²) in [5, 5.41) is 2.79. The molecule has 0 spiro atoms. The van der Waals surface area contributed by atoms with Crippen LogP contribution in [0.2, 0.25) is 0 Å². The number of para-hydroxylation sites is 1. The first-order valence-corrected chi connectivity index (χ1v) is 12.2. The zero-order chi connectivity index (χ0) is 27.8. The van der Waals surface area contributed by atoms with E-state index in [1.165, 1.54) is 0 Å². The van der Waals surface area contributed by atoms with Crippen molar-refractivity contribution in [1.29, 1.82) is 0 Å². The number of ether oxygens (including phenoxy) is 2. The molecule has 1 aliphatic rings. The molecular weight excluding hydrogens is 523 g/mol. The van der Waals surface area contributed by atoms with Crippen LogP contribution in [0.25, 0.3) is 0 Å². The number of alkyl halides is 3. The standard InChI is InChI=1S/C17H19F2N4O5P.C4H10O.CH2F2/c18-13-8-12(27-16(13)23-9-14(19)15(20)22-17(23)25)10-26-29(21-6-7-24)28-11-4-2-1-3-5-11;1-4(2)5-3;2-1-3/h1-5,7,9,12-13,16,21H,6,8,10H2,(H2,20,22,25);4H,1-3H3;1H2. The van der Waals surface area contributed by atoms with Crippen molar-refractivity contribution >= 4 is 20.6 Å². The molecule has 0 radical (unpaired) electrons. The third-order valence-corrected chi connectivity index (χ3v) is 5.62. The number of aromatic nitrogens is 2. The van der Waals surface area contributed by atoms with Crippen LogP contribution < -0.4 is 21.0 Å². The number of aldehydes is 1. The minimum absolute atomic E-state index is 0.00417. The van der Waals surface area contributed by atoms with Gasteiger partial charge >= 0.3 is 14.2 Å². The van der Waals surface area contributed by atoms with Gasteiger partial charge in [-0.3, -0.25) is 4.57 Å². The molecule has 1 aliphatic heterocycles. The highest BCUT2D eigenvalue weighted by Crippen LogP contribution is 2.37. The molecule has 1 aromatic heterocycles. The monoisotopic (exact) mass is 554 g/mol. The van der Waals surface area contributed by atoms with E-state index in [0.717, 1.165) is 10.8 Å². The Bertz CT molecular complexity index is 976. The Kier molecular flexibility index (Phi) is 15.5. The Morgan fingerprint density at radius 3 is 2.51 bits per heavy atom. The Morgan fingerprint density at radius 2 is 1.95 bits per heavy atom. The molecule has 2 aromatic rings. The van der Waals surface area contributed by atoms with E-state index >= 15 is 0 Å². The average Bonchev–Trinajstić information content (AvgIpc) is 3.24. The molecule has 0 saturated carbocycles. The number of nitrogens with zero attached hydrogens (tertiary/aromatic N) is 2. The first kappa shape index (κ1) is 32.4. The van der Waals surface area contributed by atoms with Crippen molar-refractivity contribution in [2.75, 3.05) is 32.9 Å². The van der Waals surface area contributed by atoms with Crippen LogP contribution in [0.4, 0.5) is 23.4 Å². The van der Waals surface area contributed by atoms with Gasteiger partial charge in [0.15, 0.2) is 17.9 Å². The molecule has 1 aromatic carbocycles. The number of nitrogens with two attached hydrogens (primary N) is 1. The topological polar surface area (TPSA) is 127 Å². The lowest BCUT2D eigenvalue weighted by Crippen LogP contribution is -2.31. The van der Waals surface area contributed by atoms with Crippen molar-refractivity contribution in [3.8, 4) is 5.75 Å². The van der Waals surface area contributed by atoms with Gasteiger partial charge in [0.25, 0.3) is 0 Å². The van der Waals surface area contributed by atoms with E-state index in [1.807, 2.05) is 19.9 Å². The number of methoxy groups -OCH3 is 1. The van der Waals surface area contributed by atoms with Gasteiger partial charge in [-0.25, -0.2) is 27.4 Å². The molecule has 37 heavy (non-hydrogen) atoms. The number of benzene rings is 1. The van der Waals surface area contributed by atoms with E-state index in [9.17, 15) is 27.2 Å². The minimum atomic E-state index is -1.75. The summed E-state index contributed by atoms with van der Waals surface area (Å²) in [6.45, 7) is 2.19. The van der Waals surface area contributed by atoms with Crippen LogP contribution in [0.15, 0.2) is 41.3 Å². The molecule has 3 rings (SSSR count). The molecule has 0 bridgehead atoms. The van der Waals surface area contributed by atoms with Crippen molar-refractivity contribution < 1.29 is 40.9 Å². The van der Waals surface area contributed by atoms with Gasteiger partial charge in [-0.05, 0) is 26.0 Å². The van der Waals surface area contributed by atoms with E-state index in [-0.39, 0.29) is 19.6 Å². The quantitative estimate of drug-likeness (QED) is 0.257. The van der Waals surface area contributed by atoms with Gasteiger partial charge in [0.2, 0.25) is 6.93 Å². The third-order valence-electron chi connectivity index (χ3n) is 4.42. The lowest BCUT2D eigenvalue weighted by Gasteiger charge is -2.20. The Morgan fingerprint density at radius 1 is 1.32 bits per heavy atom. The minimum Gasteiger partial charge on any atom is -0.436 e. The number of rotatable bonds is 10. The second-order valence-corrected chi connectivity index (χ2v) is 8.71. The number of nitrogen functional groups attached to an aromatic ring is 1. The average molecular weight is 554 g/mol. The molecule has 2 heterocycles. The van der Waals surface area contributed by atoms with E-state index in [0.29, 0.717) is 18.1 Å². The van der Waals surface area contributed by atoms with Crippen LogP contribution in [0, 0.1) is 5.82 Å².